The van der Waals surface area contributed by atoms with E-state index in [1.54, 1.807) is 25.4 Å². The van der Waals surface area contributed by atoms with Gasteiger partial charge in [-0.25, -0.2) is 4.98 Å². The number of hydrogen-bond acceptors (Lipinski definition) is 6. The third kappa shape index (κ3) is 3.26. The molecule has 2 aliphatic heterocycles. The van der Waals surface area contributed by atoms with Crippen LogP contribution in [0.25, 0.3) is 16.5 Å². The number of rotatable bonds is 4. The lowest BCUT2D eigenvalue weighted by atomic mass is 9.99. The molecule has 0 spiro atoms. The minimum Gasteiger partial charge on any atom is -0.496 e. The van der Waals surface area contributed by atoms with E-state index < -0.39 is 0 Å². The number of fused-ring (bicyclic) bond motifs is 1. The molecule has 0 aliphatic carbocycles. The van der Waals surface area contributed by atoms with E-state index in [2.05, 4.69) is 15.6 Å². The van der Waals surface area contributed by atoms with Gasteiger partial charge in [0.1, 0.15) is 28.7 Å². The van der Waals surface area contributed by atoms with Gasteiger partial charge in [-0.3, -0.25) is 4.79 Å². The lowest BCUT2D eigenvalue weighted by molar-refractivity contribution is -0.381. The van der Waals surface area contributed by atoms with Gasteiger partial charge in [-0.05, 0) is 12.1 Å². The predicted molar refractivity (Wildman–Crippen MR) is 115 cm³/mol. The minimum absolute atomic E-state index is 0.183. The van der Waals surface area contributed by atoms with Gasteiger partial charge in [0.15, 0.2) is 6.20 Å². The molecular formula is C23H24N5O3+. The first-order chi connectivity index (χ1) is 15.2. The first-order valence-electron chi connectivity index (χ1n) is 10.2. The fourth-order valence-corrected chi connectivity index (χ4v) is 4.26. The number of aromatic nitrogens is 1. The number of hydrogen-bond donors (Lipinski definition) is 3. The molecule has 4 heterocycles. The molecule has 2 aromatic heterocycles. The average molecular weight is 418 g/mol. The van der Waals surface area contributed by atoms with Crippen LogP contribution in [0.15, 0.2) is 70.7 Å². The summed E-state index contributed by atoms with van der Waals surface area (Å²) in [5.74, 6) is 1.17. The van der Waals surface area contributed by atoms with E-state index in [1.807, 2.05) is 35.2 Å². The van der Waals surface area contributed by atoms with Gasteiger partial charge in [0, 0.05) is 36.3 Å². The topological polar surface area (TPSA) is 107 Å². The van der Waals surface area contributed by atoms with Crippen LogP contribution in [0.5, 0.6) is 5.75 Å². The second-order valence-electron chi connectivity index (χ2n) is 7.48. The number of pyridine rings is 1. The van der Waals surface area contributed by atoms with E-state index in [1.165, 1.54) is 6.20 Å². The highest BCUT2D eigenvalue weighted by Crippen LogP contribution is 2.38. The second-order valence-corrected chi connectivity index (χ2v) is 7.48. The fourth-order valence-electron chi connectivity index (χ4n) is 4.26. The van der Waals surface area contributed by atoms with Crippen molar-refractivity contribution in [3.05, 3.63) is 77.7 Å². The van der Waals surface area contributed by atoms with Gasteiger partial charge < -0.3 is 30.4 Å². The van der Waals surface area contributed by atoms with E-state index in [0.717, 1.165) is 28.8 Å². The Kier molecular flexibility index (Phi) is 4.74. The zero-order chi connectivity index (χ0) is 21.4. The summed E-state index contributed by atoms with van der Waals surface area (Å²) in [4.78, 5) is 18.6. The summed E-state index contributed by atoms with van der Waals surface area (Å²) in [7, 11) is 1.59. The normalized spacial score (nSPS) is 18.5. The maximum atomic E-state index is 13.7. The number of nitrogens with two attached hydrogens (primary N) is 1. The largest absolute Gasteiger partial charge is 0.496 e. The molecule has 5 N–H and O–H groups in total. The Morgan fingerprint density at radius 1 is 1.29 bits per heavy atom. The third-order valence-corrected chi connectivity index (χ3v) is 5.76. The van der Waals surface area contributed by atoms with Gasteiger partial charge >= 0.3 is 0 Å². The van der Waals surface area contributed by atoms with Crippen LogP contribution in [-0.4, -0.2) is 31.1 Å². The monoisotopic (exact) mass is 418 g/mol. The highest BCUT2D eigenvalue weighted by Gasteiger charge is 2.40. The van der Waals surface area contributed by atoms with Crippen LogP contribution >= 0.6 is 0 Å². The van der Waals surface area contributed by atoms with E-state index in [9.17, 15) is 4.79 Å². The highest BCUT2D eigenvalue weighted by molar-refractivity contribution is 6.18. The molecule has 8 heteroatoms. The Morgan fingerprint density at radius 2 is 2.16 bits per heavy atom. The van der Waals surface area contributed by atoms with Crippen LogP contribution in [0, 0.1) is 0 Å². The molecule has 0 saturated heterocycles. The average Bonchev–Trinajstić information content (AvgIpc) is 3.45. The fraction of sp³-hybridized carbons (Fsp3) is 0.217. The Morgan fingerprint density at radius 3 is 2.97 bits per heavy atom. The zero-order valence-corrected chi connectivity index (χ0v) is 17.1. The molecule has 158 valence electrons. The van der Waals surface area contributed by atoms with Crippen molar-refractivity contribution in [2.75, 3.05) is 20.3 Å². The lowest BCUT2D eigenvalue weighted by Gasteiger charge is -2.35. The van der Waals surface area contributed by atoms with Crippen molar-refractivity contribution >= 4 is 22.4 Å². The van der Waals surface area contributed by atoms with Crippen LogP contribution in [0.2, 0.25) is 0 Å². The molecule has 1 atom stereocenters. The number of carbonyl (C=O) groups is 1. The Hall–Kier alpha value is -3.94. The Labute approximate surface area is 179 Å². The molecular weight excluding hydrogens is 394 g/mol. The van der Waals surface area contributed by atoms with Crippen molar-refractivity contribution in [3.8, 4) is 5.75 Å². The summed E-state index contributed by atoms with van der Waals surface area (Å²) >= 11 is 0. The molecule has 0 radical (unpaired) electrons. The molecule has 5 rings (SSSR count). The number of H-pyrrole nitrogens is 1. The number of carbonyl (C=O) groups excluding carboxylic acids is 1. The molecule has 1 aromatic carbocycles. The number of aromatic amines is 1. The number of para-hydroxylation sites is 1. The molecule has 2 aliphatic rings. The number of nitrogens with zero attached hydrogens (tertiary/aromatic N) is 1. The highest BCUT2D eigenvalue weighted by atomic mass is 16.5. The van der Waals surface area contributed by atoms with E-state index >= 15 is 0 Å². The smallest absolute Gasteiger partial charge is 0.263 e. The van der Waals surface area contributed by atoms with Crippen molar-refractivity contribution in [1.29, 1.82) is 0 Å². The predicted octanol–water partition coefficient (Wildman–Crippen LogP) is 1.89. The number of nitrogens with one attached hydrogen (secondary N) is 3. The van der Waals surface area contributed by atoms with Crippen LogP contribution in [0.1, 0.15) is 23.9 Å². The van der Waals surface area contributed by atoms with Crippen LogP contribution < -0.4 is 26.1 Å². The van der Waals surface area contributed by atoms with E-state index in [4.69, 9.17) is 14.9 Å². The Balaban J connectivity index is 1.56. The van der Waals surface area contributed by atoms with Crippen molar-refractivity contribution in [3.63, 3.8) is 0 Å². The van der Waals surface area contributed by atoms with Crippen LogP contribution in [0.4, 0.5) is 0 Å². The third-order valence-electron chi connectivity index (χ3n) is 5.76. The standard InChI is InChI=1S/C23H23N5O3/c1-30-15-6-8-25-18(11-15)16(12-24)23(29)28-9-7-17-21(27-13-26-17)22(28)20-10-14-4-2-3-5-19(14)31-20/h2-6,8,10-12,22,26-27H,7,9,13,24H2,1H3/p+1/b16-12+/t22-/m1/s1. The number of amides is 1. The van der Waals surface area contributed by atoms with E-state index in [-0.39, 0.29) is 11.9 Å². The first kappa shape index (κ1) is 19.0. The summed E-state index contributed by atoms with van der Waals surface area (Å²) in [6.07, 6.45) is 3.79. The maximum Gasteiger partial charge on any atom is 0.263 e. The minimum atomic E-state index is -0.376. The number of furan rings is 1. The van der Waals surface area contributed by atoms with Crippen LogP contribution in [-0.2, 0) is 4.79 Å². The van der Waals surface area contributed by atoms with Crippen molar-refractivity contribution in [2.24, 2.45) is 5.73 Å². The lowest BCUT2D eigenvalue weighted by Crippen LogP contribution is -2.42. The van der Waals surface area contributed by atoms with Gasteiger partial charge in [0.25, 0.3) is 5.91 Å². The number of benzene rings is 1. The summed E-state index contributed by atoms with van der Waals surface area (Å²) in [6.45, 7) is 1.17. The summed E-state index contributed by atoms with van der Waals surface area (Å²) in [5, 5.41) is 7.76. The van der Waals surface area contributed by atoms with Gasteiger partial charge in [-0.2, -0.15) is 0 Å². The number of ether oxygens (including phenoxy) is 1. The maximum absolute atomic E-state index is 13.7. The molecule has 0 bridgehead atoms. The van der Waals surface area contributed by atoms with Crippen molar-refractivity contribution in [1.82, 2.24) is 15.5 Å². The van der Waals surface area contributed by atoms with Gasteiger partial charge in [0.05, 0.1) is 25.5 Å². The molecule has 0 saturated carbocycles. The van der Waals surface area contributed by atoms with Crippen molar-refractivity contribution in [2.45, 2.75) is 12.5 Å². The summed E-state index contributed by atoms with van der Waals surface area (Å²) < 4.78 is 11.5. The molecule has 8 nitrogen and oxygen atoms in total. The van der Waals surface area contributed by atoms with Crippen LogP contribution in [0.3, 0.4) is 0 Å². The van der Waals surface area contributed by atoms with E-state index in [0.29, 0.717) is 36.0 Å². The van der Waals surface area contributed by atoms with Gasteiger partial charge in [0.2, 0.25) is 5.69 Å². The SMILES string of the molecule is COc1cc[nH+]c(/C(=C\N)C(=O)N2CCC3=C(NCN3)[C@H]2c2cc3ccccc3o2)c1. The molecule has 0 unspecified atom stereocenters. The van der Waals surface area contributed by atoms with Gasteiger partial charge in [-0.1, -0.05) is 18.2 Å². The van der Waals surface area contributed by atoms with Crippen molar-refractivity contribution < 1.29 is 18.9 Å². The quantitative estimate of drug-likeness (QED) is 0.559. The summed E-state index contributed by atoms with van der Waals surface area (Å²) in [5.41, 5.74) is 9.75. The molecule has 1 amide bonds. The Bertz CT molecular complexity index is 1180. The van der Waals surface area contributed by atoms with Gasteiger partial charge in [-0.15, -0.1) is 0 Å². The molecule has 3 aromatic rings. The summed E-state index contributed by atoms with van der Waals surface area (Å²) in [6, 6.07) is 13.0. The molecule has 31 heavy (non-hydrogen) atoms. The zero-order valence-electron chi connectivity index (χ0n) is 17.1. The molecule has 0 fully saturated rings. The second kappa shape index (κ2) is 7.71. The number of methoxy groups -OCH3 is 1. The first-order valence-corrected chi connectivity index (χ1v) is 10.2.